The van der Waals surface area contributed by atoms with Crippen molar-refractivity contribution in [1.29, 1.82) is 0 Å². The number of nitrogens with zero attached hydrogens (tertiary/aromatic N) is 1. The molecule has 2 aromatic rings. The molecule has 0 saturated heterocycles. The maximum absolute atomic E-state index is 8.71. The summed E-state index contributed by atoms with van der Waals surface area (Å²) in [5.74, 6) is 0.777. The van der Waals surface area contributed by atoms with E-state index in [1.54, 1.807) is 18.3 Å². The zero-order valence-corrected chi connectivity index (χ0v) is 10.3. The van der Waals surface area contributed by atoms with Crippen LogP contribution in [0.15, 0.2) is 46.9 Å². The smallest absolute Gasteiger partial charge is 0.122 e. The summed E-state index contributed by atoms with van der Waals surface area (Å²) in [6, 6.07) is 11.6. The van der Waals surface area contributed by atoms with Crippen molar-refractivity contribution in [2.24, 2.45) is 5.16 Å². The number of ether oxygens (including phenoxy) is 1. The topological polar surface area (TPSA) is 41.8 Å². The Morgan fingerprint density at radius 1 is 1.35 bits per heavy atom. The molecule has 1 aromatic carbocycles. The molecular weight excluding hydrogens is 234 g/mol. The van der Waals surface area contributed by atoms with Crippen molar-refractivity contribution in [2.45, 2.75) is 13.5 Å². The largest absolute Gasteiger partial charge is 0.488 e. The highest BCUT2D eigenvalue weighted by Gasteiger charge is 2.01. The molecule has 0 aliphatic carbocycles. The summed E-state index contributed by atoms with van der Waals surface area (Å²) in [7, 11) is 0. The minimum atomic E-state index is 0.566. The van der Waals surface area contributed by atoms with Crippen LogP contribution in [0.5, 0.6) is 5.75 Å². The average Bonchev–Trinajstić information content (AvgIpc) is 2.89. The van der Waals surface area contributed by atoms with Gasteiger partial charge in [0, 0.05) is 10.4 Å². The predicted molar refractivity (Wildman–Crippen MR) is 69.1 cm³/mol. The van der Waals surface area contributed by atoms with Gasteiger partial charge in [-0.1, -0.05) is 23.4 Å². The van der Waals surface area contributed by atoms with E-state index in [0.717, 1.165) is 11.3 Å². The van der Waals surface area contributed by atoms with Crippen molar-refractivity contribution >= 4 is 17.0 Å². The molecule has 4 heteroatoms. The molecule has 1 N–H and O–H groups in total. The van der Waals surface area contributed by atoms with Crippen LogP contribution in [-0.2, 0) is 6.61 Å². The van der Waals surface area contributed by atoms with Crippen molar-refractivity contribution in [3.05, 3.63) is 52.2 Å². The average molecular weight is 247 g/mol. The normalized spacial score (nSPS) is 11.5. The van der Waals surface area contributed by atoms with E-state index in [4.69, 9.17) is 9.94 Å². The fourth-order valence-electron chi connectivity index (χ4n) is 1.42. The van der Waals surface area contributed by atoms with Gasteiger partial charge in [0.1, 0.15) is 12.4 Å². The first kappa shape index (κ1) is 11.7. The van der Waals surface area contributed by atoms with Crippen LogP contribution < -0.4 is 4.74 Å². The maximum atomic E-state index is 8.71. The maximum Gasteiger partial charge on any atom is 0.122 e. The van der Waals surface area contributed by atoms with Crippen molar-refractivity contribution < 1.29 is 9.94 Å². The minimum absolute atomic E-state index is 0.566. The summed E-state index contributed by atoms with van der Waals surface area (Å²) in [4.78, 5) is 1.18. The van der Waals surface area contributed by atoms with Gasteiger partial charge in [-0.2, -0.15) is 0 Å². The molecule has 0 aliphatic heterocycles. The van der Waals surface area contributed by atoms with Gasteiger partial charge in [-0.25, -0.2) is 0 Å². The number of thiophene rings is 1. The van der Waals surface area contributed by atoms with Gasteiger partial charge in [0.05, 0.1) is 5.71 Å². The molecule has 0 radical (unpaired) electrons. The molecule has 0 amide bonds. The highest BCUT2D eigenvalue weighted by molar-refractivity contribution is 7.09. The standard InChI is InChI=1S/C13H13NO2S/c1-10(14-15)11-4-2-5-12(8-11)16-9-13-6-3-7-17-13/h2-8,15H,9H2,1H3/b14-10+. The van der Waals surface area contributed by atoms with E-state index in [1.807, 2.05) is 41.8 Å². The van der Waals surface area contributed by atoms with Crippen LogP contribution in [0, 0.1) is 0 Å². The van der Waals surface area contributed by atoms with Crippen LogP contribution in [0.4, 0.5) is 0 Å². The number of oxime groups is 1. The molecule has 1 aromatic heterocycles. The van der Waals surface area contributed by atoms with Crippen LogP contribution in [0.2, 0.25) is 0 Å². The molecular formula is C13H13NO2S. The summed E-state index contributed by atoms with van der Waals surface area (Å²) in [5.41, 5.74) is 1.43. The van der Waals surface area contributed by atoms with Crippen molar-refractivity contribution in [2.75, 3.05) is 0 Å². The number of benzene rings is 1. The summed E-state index contributed by atoms with van der Waals surface area (Å²) >= 11 is 1.67. The zero-order chi connectivity index (χ0) is 12.1. The monoisotopic (exact) mass is 247 g/mol. The van der Waals surface area contributed by atoms with Gasteiger partial charge in [-0.15, -0.1) is 11.3 Å². The fraction of sp³-hybridized carbons (Fsp3) is 0.154. The first-order valence-corrected chi connectivity index (χ1v) is 6.12. The Morgan fingerprint density at radius 3 is 2.94 bits per heavy atom. The molecule has 0 saturated carbocycles. The van der Waals surface area contributed by atoms with Gasteiger partial charge < -0.3 is 9.94 Å². The molecule has 0 aliphatic rings. The molecule has 0 fully saturated rings. The summed E-state index contributed by atoms with van der Waals surface area (Å²) < 4.78 is 5.66. The molecule has 88 valence electrons. The van der Waals surface area contributed by atoms with Crippen molar-refractivity contribution in [3.63, 3.8) is 0 Å². The van der Waals surface area contributed by atoms with Crippen LogP contribution in [0.3, 0.4) is 0 Å². The van der Waals surface area contributed by atoms with E-state index in [1.165, 1.54) is 4.88 Å². The molecule has 2 rings (SSSR count). The van der Waals surface area contributed by atoms with Gasteiger partial charge in [0.25, 0.3) is 0 Å². The Balaban J connectivity index is 2.06. The SMILES string of the molecule is C/C(=N\O)c1cccc(OCc2cccs2)c1. The Kier molecular flexibility index (Phi) is 3.77. The van der Waals surface area contributed by atoms with Gasteiger partial charge in [0.2, 0.25) is 0 Å². The van der Waals surface area contributed by atoms with Crippen LogP contribution >= 0.6 is 11.3 Å². The summed E-state index contributed by atoms with van der Waals surface area (Å²) in [6.45, 7) is 2.31. The van der Waals surface area contributed by atoms with Crippen LogP contribution in [0.1, 0.15) is 17.4 Å². The van der Waals surface area contributed by atoms with Crippen LogP contribution in [0.25, 0.3) is 0 Å². The van der Waals surface area contributed by atoms with Gasteiger partial charge in [0.15, 0.2) is 0 Å². The van der Waals surface area contributed by atoms with Crippen molar-refractivity contribution in [3.8, 4) is 5.75 Å². The van der Waals surface area contributed by atoms with Crippen LogP contribution in [-0.4, -0.2) is 10.9 Å². The molecule has 0 spiro atoms. The second kappa shape index (κ2) is 5.50. The number of rotatable bonds is 4. The quantitative estimate of drug-likeness (QED) is 0.510. The first-order chi connectivity index (χ1) is 8.29. The van der Waals surface area contributed by atoms with Crippen molar-refractivity contribution in [1.82, 2.24) is 0 Å². The molecule has 0 bridgehead atoms. The lowest BCUT2D eigenvalue weighted by Gasteiger charge is -2.06. The molecule has 0 atom stereocenters. The molecule has 1 heterocycles. The van der Waals surface area contributed by atoms with E-state index in [-0.39, 0.29) is 0 Å². The lowest BCUT2D eigenvalue weighted by Crippen LogP contribution is -1.97. The van der Waals surface area contributed by atoms with E-state index < -0.39 is 0 Å². The predicted octanol–water partition coefficient (Wildman–Crippen LogP) is 3.53. The van der Waals surface area contributed by atoms with E-state index in [9.17, 15) is 0 Å². The third-order valence-electron chi connectivity index (χ3n) is 2.36. The zero-order valence-electron chi connectivity index (χ0n) is 9.46. The van der Waals surface area contributed by atoms with Gasteiger partial charge in [-0.05, 0) is 30.5 Å². The minimum Gasteiger partial charge on any atom is -0.488 e. The summed E-state index contributed by atoms with van der Waals surface area (Å²) in [6.07, 6.45) is 0. The second-order valence-electron chi connectivity index (χ2n) is 3.58. The summed E-state index contributed by atoms with van der Waals surface area (Å²) in [5, 5.41) is 13.9. The number of hydrogen-bond acceptors (Lipinski definition) is 4. The first-order valence-electron chi connectivity index (χ1n) is 5.24. The third kappa shape index (κ3) is 3.07. The second-order valence-corrected chi connectivity index (χ2v) is 4.61. The van der Waals surface area contributed by atoms with Gasteiger partial charge in [-0.3, -0.25) is 0 Å². The lowest BCUT2D eigenvalue weighted by atomic mass is 10.1. The Hall–Kier alpha value is -1.81. The Bertz CT molecular complexity index is 506. The fourth-order valence-corrected chi connectivity index (χ4v) is 2.03. The van der Waals surface area contributed by atoms with E-state index >= 15 is 0 Å². The molecule has 3 nitrogen and oxygen atoms in total. The van der Waals surface area contributed by atoms with E-state index in [0.29, 0.717) is 12.3 Å². The van der Waals surface area contributed by atoms with E-state index in [2.05, 4.69) is 5.16 Å². The highest BCUT2D eigenvalue weighted by Crippen LogP contribution is 2.17. The van der Waals surface area contributed by atoms with Gasteiger partial charge >= 0.3 is 0 Å². The molecule has 0 unspecified atom stereocenters. The molecule has 17 heavy (non-hydrogen) atoms. The third-order valence-corrected chi connectivity index (χ3v) is 3.21. The Labute approximate surface area is 104 Å². The Morgan fingerprint density at radius 2 is 2.24 bits per heavy atom. The highest BCUT2D eigenvalue weighted by atomic mass is 32.1. The lowest BCUT2D eigenvalue weighted by molar-refractivity contribution is 0.309. The number of hydrogen-bond donors (Lipinski definition) is 1.